The number of esters is 1. The second-order valence-electron chi connectivity index (χ2n) is 5.22. The molecule has 1 heterocycles. The molecular formula is C18H13BrFNO4. The molecule has 0 radical (unpaired) electrons. The third kappa shape index (κ3) is 3.02. The Kier molecular flexibility index (Phi) is 4.59. The predicted molar refractivity (Wildman–Crippen MR) is 94.8 cm³/mol. The van der Waals surface area contributed by atoms with Gasteiger partial charge in [0.05, 0.1) is 12.1 Å². The number of aromatic nitrogens is 1. The molecule has 2 aromatic carbocycles. The van der Waals surface area contributed by atoms with E-state index in [1.807, 2.05) is 0 Å². The molecule has 0 saturated carbocycles. The molecule has 0 aliphatic carbocycles. The van der Waals surface area contributed by atoms with Crippen LogP contribution in [-0.4, -0.2) is 22.2 Å². The van der Waals surface area contributed by atoms with E-state index in [2.05, 4.69) is 15.9 Å². The Balaban J connectivity index is 2.44. The lowest BCUT2D eigenvalue weighted by molar-refractivity contribution is 0.0521. The van der Waals surface area contributed by atoms with Gasteiger partial charge in [0.1, 0.15) is 11.6 Å². The third-order valence-corrected chi connectivity index (χ3v) is 4.17. The predicted octanol–water partition coefficient (Wildman–Crippen LogP) is 3.77. The highest BCUT2D eigenvalue weighted by Crippen LogP contribution is 2.30. The number of rotatable bonds is 3. The number of halogens is 2. The Morgan fingerprint density at radius 3 is 2.56 bits per heavy atom. The number of pyridine rings is 1. The molecule has 5 nitrogen and oxygen atoms in total. The Hall–Kier alpha value is -2.67. The lowest BCUT2D eigenvalue weighted by atomic mass is 10.1. The van der Waals surface area contributed by atoms with Crippen LogP contribution >= 0.6 is 15.9 Å². The van der Waals surface area contributed by atoms with Gasteiger partial charge in [0.2, 0.25) is 0 Å². The molecule has 7 heteroatoms. The molecule has 0 amide bonds. The fourth-order valence-corrected chi connectivity index (χ4v) is 2.93. The molecule has 3 rings (SSSR count). The first-order valence-corrected chi connectivity index (χ1v) is 8.23. The molecule has 25 heavy (non-hydrogen) atoms. The molecule has 0 unspecified atom stereocenters. The first-order valence-electron chi connectivity index (χ1n) is 7.44. The maximum Gasteiger partial charge on any atom is 0.347 e. The fourth-order valence-electron chi connectivity index (χ4n) is 2.58. The van der Waals surface area contributed by atoms with Crippen LogP contribution in [0.1, 0.15) is 17.3 Å². The van der Waals surface area contributed by atoms with E-state index in [-0.39, 0.29) is 6.61 Å². The van der Waals surface area contributed by atoms with Crippen LogP contribution in [0, 0.1) is 5.82 Å². The summed E-state index contributed by atoms with van der Waals surface area (Å²) < 4.78 is 20.1. The number of hydrogen-bond acceptors (Lipinski definition) is 4. The largest absolute Gasteiger partial charge is 0.506 e. The number of carbonyl (C=O) groups is 1. The van der Waals surface area contributed by atoms with Crippen LogP contribution < -0.4 is 5.56 Å². The smallest absolute Gasteiger partial charge is 0.347 e. The minimum absolute atomic E-state index is 0.0621. The third-order valence-electron chi connectivity index (χ3n) is 3.67. The minimum atomic E-state index is -0.911. The SMILES string of the molecule is CCOC(=O)c1c(O)c2ccc(Br)cc2n(-c2ccc(F)cc2)c1=O. The zero-order valence-electron chi connectivity index (χ0n) is 13.1. The zero-order chi connectivity index (χ0) is 18.1. The summed E-state index contributed by atoms with van der Waals surface area (Å²) in [5, 5.41) is 10.7. The number of hydrogen-bond donors (Lipinski definition) is 1. The van der Waals surface area contributed by atoms with Gasteiger partial charge in [-0.05, 0) is 49.4 Å². The highest BCUT2D eigenvalue weighted by Gasteiger charge is 2.24. The number of fused-ring (bicyclic) bond motifs is 1. The topological polar surface area (TPSA) is 68.5 Å². The van der Waals surface area contributed by atoms with Crippen molar-refractivity contribution in [1.29, 1.82) is 0 Å². The van der Waals surface area contributed by atoms with Crippen LogP contribution in [0.3, 0.4) is 0 Å². The summed E-state index contributed by atoms with van der Waals surface area (Å²) in [5.74, 6) is -1.80. The second kappa shape index (κ2) is 6.68. The van der Waals surface area contributed by atoms with Gasteiger partial charge in [-0.15, -0.1) is 0 Å². The summed E-state index contributed by atoms with van der Waals surface area (Å²) >= 11 is 3.32. The van der Waals surface area contributed by atoms with E-state index in [4.69, 9.17) is 4.74 Å². The number of carbonyl (C=O) groups excluding carboxylic acids is 1. The average Bonchev–Trinajstić information content (AvgIpc) is 2.56. The zero-order valence-corrected chi connectivity index (χ0v) is 14.7. The average molecular weight is 406 g/mol. The maximum absolute atomic E-state index is 13.2. The van der Waals surface area contributed by atoms with Gasteiger partial charge in [0.25, 0.3) is 5.56 Å². The highest BCUT2D eigenvalue weighted by molar-refractivity contribution is 9.10. The molecule has 1 aromatic heterocycles. The summed E-state index contributed by atoms with van der Waals surface area (Å²) in [6, 6.07) is 10.2. The summed E-state index contributed by atoms with van der Waals surface area (Å²) in [5.41, 5.74) is -0.467. The van der Waals surface area contributed by atoms with E-state index >= 15 is 0 Å². The fraction of sp³-hybridized carbons (Fsp3) is 0.111. The van der Waals surface area contributed by atoms with Gasteiger partial charge in [0.15, 0.2) is 5.56 Å². The van der Waals surface area contributed by atoms with E-state index in [1.54, 1.807) is 25.1 Å². The lowest BCUT2D eigenvalue weighted by Gasteiger charge is -2.15. The van der Waals surface area contributed by atoms with Crippen LogP contribution in [0.15, 0.2) is 51.7 Å². The van der Waals surface area contributed by atoms with Crippen molar-refractivity contribution in [2.45, 2.75) is 6.92 Å². The highest BCUT2D eigenvalue weighted by atomic mass is 79.9. The van der Waals surface area contributed by atoms with Crippen molar-refractivity contribution in [2.75, 3.05) is 6.61 Å². The first-order chi connectivity index (χ1) is 11.9. The maximum atomic E-state index is 13.2. The molecule has 0 fully saturated rings. The van der Waals surface area contributed by atoms with Crippen molar-refractivity contribution < 1.29 is 19.0 Å². The van der Waals surface area contributed by atoms with Crippen molar-refractivity contribution in [3.8, 4) is 11.4 Å². The summed E-state index contributed by atoms with van der Waals surface area (Å²) in [7, 11) is 0. The lowest BCUT2D eigenvalue weighted by Crippen LogP contribution is -2.27. The van der Waals surface area contributed by atoms with Gasteiger partial charge in [-0.25, -0.2) is 9.18 Å². The normalized spacial score (nSPS) is 10.8. The van der Waals surface area contributed by atoms with Crippen molar-refractivity contribution in [3.63, 3.8) is 0 Å². The van der Waals surface area contributed by atoms with E-state index in [0.717, 1.165) is 0 Å². The molecule has 0 bridgehead atoms. The number of benzene rings is 2. The van der Waals surface area contributed by atoms with E-state index in [9.17, 15) is 19.1 Å². The van der Waals surface area contributed by atoms with Crippen LogP contribution in [0.2, 0.25) is 0 Å². The Morgan fingerprint density at radius 2 is 1.92 bits per heavy atom. The quantitative estimate of drug-likeness (QED) is 0.673. The van der Waals surface area contributed by atoms with Crippen LogP contribution in [0.25, 0.3) is 16.6 Å². The van der Waals surface area contributed by atoms with Crippen molar-refractivity contribution >= 4 is 32.8 Å². The second-order valence-corrected chi connectivity index (χ2v) is 6.14. The van der Waals surface area contributed by atoms with Crippen molar-refractivity contribution in [1.82, 2.24) is 4.57 Å². The molecule has 0 aliphatic rings. The van der Waals surface area contributed by atoms with Gasteiger partial charge in [-0.1, -0.05) is 15.9 Å². The molecule has 0 spiro atoms. The summed E-state index contributed by atoms with van der Waals surface area (Å²) in [6.07, 6.45) is 0. The van der Waals surface area contributed by atoms with E-state index in [0.29, 0.717) is 21.1 Å². The minimum Gasteiger partial charge on any atom is -0.506 e. The van der Waals surface area contributed by atoms with Gasteiger partial charge in [0, 0.05) is 15.5 Å². The Morgan fingerprint density at radius 1 is 1.24 bits per heavy atom. The Bertz CT molecular complexity index is 1030. The summed E-state index contributed by atoms with van der Waals surface area (Å²) in [6.45, 7) is 1.66. The molecule has 3 aromatic rings. The molecule has 0 saturated heterocycles. The van der Waals surface area contributed by atoms with Gasteiger partial charge in [-0.2, -0.15) is 0 Å². The molecular weight excluding hydrogens is 393 g/mol. The van der Waals surface area contributed by atoms with Crippen molar-refractivity contribution in [3.05, 3.63) is 68.7 Å². The number of aromatic hydroxyl groups is 1. The van der Waals surface area contributed by atoms with E-state index < -0.39 is 28.7 Å². The summed E-state index contributed by atoms with van der Waals surface area (Å²) in [4.78, 5) is 25.1. The van der Waals surface area contributed by atoms with Crippen LogP contribution in [-0.2, 0) is 4.74 Å². The van der Waals surface area contributed by atoms with E-state index in [1.165, 1.54) is 28.8 Å². The first kappa shape index (κ1) is 17.2. The van der Waals surface area contributed by atoms with Crippen LogP contribution in [0.5, 0.6) is 5.75 Å². The monoisotopic (exact) mass is 405 g/mol. The number of nitrogens with zero attached hydrogens (tertiary/aromatic N) is 1. The molecule has 0 aliphatic heterocycles. The molecule has 128 valence electrons. The Labute approximate surface area is 150 Å². The van der Waals surface area contributed by atoms with Crippen molar-refractivity contribution in [2.24, 2.45) is 0 Å². The van der Waals surface area contributed by atoms with Gasteiger partial charge >= 0.3 is 5.97 Å². The van der Waals surface area contributed by atoms with Gasteiger partial charge in [-0.3, -0.25) is 9.36 Å². The molecule has 0 atom stereocenters. The standard InChI is InChI=1S/C18H13BrFNO4/c1-2-25-18(24)15-16(22)13-8-3-10(19)9-14(13)21(17(15)23)12-6-4-11(20)5-7-12/h3-9,22H,2H2,1H3. The van der Waals surface area contributed by atoms with Gasteiger partial charge < -0.3 is 9.84 Å². The molecule has 1 N–H and O–H groups in total. The van der Waals surface area contributed by atoms with Crippen LogP contribution in [0.4, 0.5) is 4.39 Å². The number of ether oxygens (including phenoxy) is 1.